The van der Waals surface area contributed by atoms with Crippen molar-refractivity contribution in [3.8, 4) is 11.8 Å². The first-order valence-electron chi connectivity index (χ1n) is 7.74. The Morgan fingerprint density at radius 2 is 2.00 bits per heavy atom. The van der Waals surface area contributed by atoms with Crippen LogP contribution in [0.4, 0.5) is 0 Å². The van der Waals surface area contributed by atoms with Gasteiger partial charge in [-0.1, -0.05) is 32.9 Å². The zero-order valence-corrected chi connectivity index (χ0v) is 13.3. The Morgan fingerprint density at radius 3 is 2.71 bits per heavy atom. The molecule has 1 aliphatic rings. The van der Waals surface area contributed by atoms with Gasteiger partial charge in [0.15, 0.2) is 0 Å². The molecule has 0 spiro atoms. The van der Waals surface area contributed by atoms with Crippen LogP contribution in [0.5, 0.6) is 5.75 Å². The van der Waals surface area contributed by atoms with Crippen molar-refractivity contribution in [3.05, 3.63) is 29.8 Å². The summed E-state index contributed by atoms with van der Waals surface area (Å²) in [5, 5.41) is 9.00. The van der Waals surface area contributed by atoms with Gasteiger partial charge in [0, 0.05) is 0 Å². The van der Waals surface area contributed by atoms with Crippen molar-refractivity contribution in [3.63, 3.8) is 0 Å². The summed E-state index contributed by atoms with van der Waals surface area (Å²) in [6.07, 6.45) is 3.86. The molecule has 0 heterocycles. The smallest absolute Gasteiger partial charge is 0.137 e. The minimum atomic E-state index is 0.332. The van der Waals surface area contributed by atoms with Crippen molar-refractivity contribution in [1.29, 1.82) is 5.26 Å². The van der Waals surface area contributed by atoms with Gasteiger partial charge < -0.3 is 9.47 Å². The lowest BCUT2D eigenvalue weighted by molar-refractivity contribution is -0.0317. The average Bonchev–Trinajstić information content (AvgIpc) is 2.42. The maximum atomic E-state index is 9.00. The van der Waals surface area contributed by atoms with Crippen LogP contribution in [0.2, 0.25) is 0 Å². The Hall–Kier alpha value is -1.53. The minimum absolute atomic E-state index is 0.332. The number of benzene rings is 1. The average molecular weight is 287 g/mol. The van der Waals surface area contributed by atoms with Crippen LogP contribution in [-0.4, -0.2) is 19.3 Å². The number of nitriles is 1. The first-order valence-corrected chi connectivity index (χ1v) is 7.74. The van der Waals surface area contributed by atoms with Crippen molar-refractivity contribution in [2.45, 2.75) is 46.1 Å². The van der Waals surface area contributed by atoms with Crippen LogP contribution in [0.1, 0.15) is 45.6 Å². The van der Waals surface area contributed by atoms with E-state index >= 15 is 0 Å². The zero-order valence-electron chi connectivity index (χ0n) is 13.3. The quantitative estimate of drug-likeness (QED) is 0.763. The van der Waals surface area contributed by atoms with Crippen molar-refractivity contribution < 1.29 is 9.47 Å². The summed E-state index contributed by atoms with van der Waals surface area (Å²) in [6, 6.07) is 9.44. The topological polar surface area (TPSA) is 42.2 Å². The number of hydrogen-bond acceptors (Lipinski definition) is 3. The third-order valence-electron chi connectivity index (χ3n) is 4.05. The van der Waals surface area contributed by atoms with Crippen LogP contribution in [0.3, 0.4) is 0 Å². The molecule has 1 saturated carbocycles. The van der Waals surface area contributed by atoms with Crippen LogP contribution in [0, 0.1) is 22.7 Å². The third kappa shape index (κ3) is 4.75. The molecule has 2 atom stereocenters. The zero-order chi connectivity index (χ0) is 15.3. The van der Waals surface area contributed by atoms with Gasteiger partial charge in [-0.25, -0.2) is 0 Å². The maximum Gasteiger partial charge on any atom is 0.137 e. The van der Waals surface area contributed by atoms with Gasteiger partial charge in [-0.05, 0) is 42.7 Å². The molecule has 2 rings (SSSR count). The molecule has 1 aromatic rings. The van der Waals surface area contributed by atoms with Crippen LogP contribution in [0.15, 0.2) is 24.3 Å². The molecule has 0 bridgehead atoms. The molecular weight excluding hydrogens is 262 g/mol. The molecule has 0 aromatic heterocycles. The van der Waals surface area contributed by atoms with E-state index in [-0.39, 0.29) is 0 Å². The molecule has 0 N–H and O–H groups in total. The van der Waals surface area contributed by atoms with E-state index in [1.54, 1.807) is 6.07 Å². The predicted octanol–water partition coefficient (Wildman–Crippen LogP) is 4.17. The van der Waals surface area contributed by atoms with Crippen molar-refractivity contribution in [1.82, 2.24) is 0 Å². The molecule has 0 saturated heterocycles. The normalized spacial score (nSPS) is 24.3. The van der Waals surface area contributed by atoms with Crippen LogP contribution < -0.4 is 4.74 Å². The van der Waals surface area contributed by atoms with E-state index < -0.39 is 0 Å². The SMILES string of the molecule is CC1CC(OCCOc2ccccc2C#N)CC(C)(C)C1. The maximum absolute atomic E-state index is 9.00. The fraction of sp³-hybridized carbons (Fsp3) is 0.611. The lowest BCUT2D eigenvalue weighted by atomic mass is 9.71. The molecule has 21 heavy (non-hydrogen) atoms. The molecule has 3 heteroatoms. The molecular formula is C18H25NO2. The fourth-order valence-corrected chi connectivity index (χ4v) is 3.44. The first kappa shape index (κ1) is 15.9. The largest absolute Gasteiger partial charge is 0.490 e. The summed E-state index contributed by atoms with van der Waals surface area (Å²) >= 11 is 0. The number of para-hydroxylation sites is 1. The van der Waals surface area contributed by atoms with Gasteiger partial charge in [0.25, 0.3) is 0 Å². The second kappa shape index (κ2) is 6.95. The Balaban J connectivity index is 1.76. The van der Waals surface area contributed by atoms with E-state index in [4.69, 9.17) is 14.7 Å². The van der Waals surface area contributed by atoms with Crippen LogP contribution in [0.25, 0.3) is 0 Å². The Morgan fingerprint density at radius 1 is 1.24 bits per heavy atom. The molecule has 0 amide bonds. The highest BCUT2D eigenvalue weighted by molar-refractivity contribution is 5.42. The summed E-state index contributed by atoms with van der Waals surface area (Å²) in [5.74, 6) is 1.36. The van der Waals surface area contributed by atoms with Crippen LogP contribution >= 0.6 is 0 Å². The standard InChI is InChI=1S/C18H25NO2/c1-14-10-16(12-18(2,3)11-14)20-8-9-21-17-7-5-4-6-15(17)13-19/h4-7,14,16H,8-12H2,1-3H3. The molecule has 1 aliphatic carbocycles. The highest BCUT2D eigenvalue weighted by Crippen LogP contribution is 2.39. The predicted molar refractivity (Wildman–Crippen MR) is 83.2 cm³/mol. The highest BCUT2D eigenvalue weighted by atomic mass is 16.5. The fourth-order valence-electron chi connectivity index (χ4n) is 3.44. The highest BCUT2D eigenvalue weighted by Gasteiger charge is 2.32. The Bertz CT molecular complexity index is 504. The second-order valence-corrected chi connectivity index (χ2v) is 6.86. The van der Waals surface area contributed by atoms with Crippen molar-refractivity contribution in [2.24, 2.45) is 11.3 Å². The number of rotatable bonds is 5. The monoisotopic (exact) mass is 287 g/mol. The lowest BCUT2D eigenvalue weighted by Gasteiger charge is -2.38. The van der Waals surface area contributed by atoms with Gasteiger partial charge in [-0.3, -0.25) is 0 Å². The van der Waals surface area contributed by atoms with Crippen LogP contribution in [-0.2, 0) is 4.74 Å². The van der Waals surface area contributed by atoms with E-state index in [1.165, 1.54) is 6.42 Å². The summed E-state index contributed by atoms with van der Waals surface area (Å²) < 4.78 is 11.6. The van der Waals surface area contributed by atoms with Gasteiger partial charge in [0.05, 0.1) is 18.3 Å². The Labute approximate surface area is 127 Å². The molecule has 0 aliphatic heterocycles. The van der Waals surface area contributed by atoms with Crippen molar-refractivity contribution >= 4 is 0 Å². The van der Waals surface area contributed by atoms with Gasteiger partial charge in [0.1, 0.15) is 18.4 Å². The molecule has 3 nitrogen and oxygen atoms in total. The summed E-state index contributed by atoms with van der Waals surface area (Å²) in [4.78, 5) is 0. The van der Waals surface area contributed by atoms with E-state index in [0.29, 0.717) is 36.0 Å². The molecule has 2 unspecified atom stereocenters. The Kier molecular flexibility index (Phi) is 5.25. The number of hydrogen-bond donors (Lipinski definition) is 0. The second-order valence-electron chi connectivity index (χ2n) is 6.86. The third-order valence-corrected chi connectivity index (χ3v) is 4.05. The number of nitrogens with zero attached hydrogens (tertiary/aromatic N) is 1. The van der Waals surface area contributed by atoms with Gasteiger partial charge in [-0.15, -0.1) is 0 Å². The molecule has 1 aromatic carbocycles. The lowest BCUT2D eigenvalue weighted by Crippen LogP contribution is -2.33. The molecule has 0 radical (unpaired) electrons. The summed E-state index contributed by atoms with van der Waals surface area (Å²) in [6.45, 7) is 8.01. The van der Waals surface area contributed by atoms with E-state index in [2.05, 4.69) is 26.8 Å². The summed E-state index contributed by atoms with van der Waals surface area (Å²) in [7, 11) is 0. The first-order chi connectivity index (χ1) is 10.00. The van der Waals surface area contributed by atoms with Crippen molar-refractivity contribution in [2.75, 3.05) is 13.2 Å². The van der Waals surface area contributed by atoms with E-state index in [0.717, 1.165) is 18.8 Å². The van der Waals surface area contributed by atoms with E-state index in [9.17, 15) is 0 Å². The molecule has 114 valence electrons. The summed E-state index contributed by atoms with van der Waals surface area (Å²) in [5.41, 5.74) is 0.946. The van der Waals surface area contributed by atoms with E-state index in [1.807, 2.05) is 18.2 Å². The van der Waals surface area contributed by atoms with Gasteiger partial charge >= 0.3 is 0 Å². The molecule has 1 fully saturated rings. The minimum Gasteiger partial charge on any atom is -0.490 e. The van der Waals surface area contributed by atoms with Gasteiger partial charge in [-0.2, -0.15) is 5.26 Å². The number of ether oxygens (including phenoxy) is 2. The van der Waals surface area contributed by atoms with Gasteiger partial charge in [0.2, 0.25) is 0 Å².